The van der Waals surface area contributed by atoms with Gasteiger partial charge in [-0.1, -0.05) is 40.9 Å². The van der Waals surface area contributed by atoms with Gasteiger partial charge in [0.1, 0.15) is 5.82 Å². The minimum atomic E-state index is -0.604. The van der Waals surface area contributed by atoms with Gasteiger partial charge in [0.05, 0.1) is 28.0 Å². The predicted octanol–water partition coefficient (Wildman–Crippen LogP) is 5.13. The Kier molecular flexibility index (Phi) is 4.60. The van der Waals surface area contributed by atoms with E-state index in [4.69, 9.17) is 34.8 Å². The summed E-state index contributed by atoms with van der Waals surface area (Å²) in [4.78, 5) is 0. The van der Waals surface area contributed by atoms with Crippen LogP contribution in [-0.2, 0) is 6.61 Å². The Balaban J connectivity index is 2.16. The molecule has 0 aliphatic rings. The molecule has 2 aromatic carbocycles. The molecule has 0 fully saturated rings. The Morgan fingerprint density at radius 3 is 2.57 bits per heavy atom. The Morgan fingerprint density at radius 1 is 1.09 bits per heavy atom. The molecule has 0 bridgehead atoms. The van der Waals surface area contributed by atoms with Crippen molar-refractivity contribution in [1.82, 2.24) is 9.78 Å². The monoisotopic (exact) mass is 370 g/mol. The summed E-state index contributed by atoms with van der Waals surface area (Å²) in [5.74, 6) is -0.604. The van der Waals surface area contributed by atoms with Crippen LogP contribution in [0.25, 0.3) is 16.9 Å². The molecule has 118 valence electrons. The molecule has 3 aromatic rings. The van der Waals surface area contributed by atoms with Crippen LogP contribution in [0.4, 0.5) is 4.39 Å². The number of benzene rings is 2. The average Bonchev–Trinajstić information content (AvgIpc) is 2.95. The Morgan fingerprint density at radius 2 is 1.87 bits per heavy atom. The summed E-state index contributed by atoms with van der Waals surface area (Å²) in [5.41, 5.74) is 1.96. The van der Waals surface area contributed by atoms with E-state index in [2.05, 4.69) is 5.10 Å². The van der Waals surface area contributed by atoms with Crippen LogP contribution in [-0.4, -0.2) is 14.9 Å². The molecular weight excluding hydrogens is 362 g/mol. The first-order valence-corrected chi connectivity index (χ1v) is 7.73. The van der Waals surface area contributed by atoms with Crippen LogP contribution in [0.5, 0.6) is 0 Å². The third-order valence-electron chi connectivity index (χ3n) is 3.30. The zero-order valence-corrected chi connectivity index (χ0v) is 13.9. The molecule has 1 N–H and O–H groups in total. The minimum Gasteiger partial charge on any atom is -0.392 e. The lowest BCUT2D eigenvalue weighted by Gasteiger charge is -2.05. The van der Waals surface area contributed by atoms with E-state index in [-0.39, 0.29) is 16.7 Å². The van der Waals surface area contributed by atoms with Crippen LogP contribution < -0.4 is 0 Å². The van der Waals surface area contributed by atoms with E-state index in [9.17, 15) is 9.50 Å². The van der Waals surface area contributed by atoms with E-state index in [1.807, 2.05) is 6.07 Å². The fourth-order valence-electron chi connectivity index (χ4n) is 2.21. The lowest BCUT2D eigenvalue weighted by atomic mass is 10.1. The molecule has 1 aromatic heterocycles. The molecule has 0 aliphatic carbocycles. The van der Waals surface area contributed by atoms with E-state index in [1.165, 1.54) is 12.1 Å². The van der Waals surface area contributed by atoms with Gasteiger partial charge in [-0.3, -0.25) is 0 Å². The van der Waals surface area contributed by atoms with E-state index < -0.39 is 5.82 Å². The molecular formula is C16H10Cl3FN2O. The Bertz CT molecular complexity index is 880. The van der Waals surface area contributed by atoms with Crippen molar-refractivity contribution in [3.8, 4) is 16.9 Å². The summed E-state index contributed by atoms with van der Waals surface area (Å²) >= 11 is 17.8. The zero-order valence-electron chi connectivity index (χ0n) is 11.6. The van der Waals surface area contributed by atoms with Gasteiger partial charge in [-0.15, -0.1) is 0 Å². The Labute approximate surface area is 146 Å². The van der Waals surface area contributed by atoms with Crippen LogP contribution >= 0.6 is 34.8 Å². The van der Waals surface area contributed by atoms with Crippen LogP contribution in [0.1, 0.15) is 5.56 Å². The van der Waals surface area contributed by atoms with Crippen LogP contribution in [0.3, 0.4) is 0 Å². The molecule has 7 heteroatoms. The highest BCUT2D eigenvalue weighted by Gasteiger charge is 2.17. The van der Waals surface area contributed by atoms with Crippen LogP contribution in [0.2, 0.25) is 15.1 Å². The molecule has 0 saturated carbocycles. The summed E-state index contributed by atoms with van der Waals surface area (Å²) < 4.78 is 15.3. The summed E-state index contributed by atoms with van der Waals surface area (Å²) in [5, 5.41) is 14.7. The zero-order chi connectivity index (χ0) is 16.6. The first kappa shape index (κ1) is 16.3. The molecule has 0 unspecified atom stereocenters. The molecule has 0 spiro atoms. The normalized spacial score (nSPS) is 11.0. The van der Waals surface area contributed by atoms with Gasteiger partial charge in [-0.05, 0) is 30.3 Å². The maximum Gasteiger partial charge on any atom is 0.142 e. The smallest absolute Gasteiger partial charge is 0.142 e. The number of aromatic nitrogens is 2. The third-order valence-corrected chi connectivity index (χ3v) is 4.14. The van der Waals surface area contributed by atoms with Gasteiger partial charge in [0.25, 0.3) is 0 Å². The summed E-state index contributed by atoms with van der Waals surface area (Å²) in [6.45, 7) is -0.267. The predicted molar refractivity (Wildman–Crippen MR) is 89.9 cm³/mol. The summed E-state index contributed by atoms with van der Waals surface area (Å²) in [6, 6.07) is 9.58. The fraction of sp³-hybridized carbons (Fsp3) is 0.0625. The molecule has 1 heterocycles. The molecule has 23 heavy (non-hydrogen) atoms. The second-order valence-corrected chi connectivity index (χ2v) is 6.08. The highest BCUT2D eigenvalue weighted by Crippen LogP contribution is 2.34. The second kappa shape index (κ2) is 6.49. The number of aliphatic hydroxyl groups excluding tert-OH is 1. The number of hydrogen-bond acceptors (Lipinski definition) is 2. The minimum absolute atomic E-state index is 0.0708. The van der Waals surface area contributed by atoms with Gasteiger partial charge in [-0.2, -0.15) is 5.10 Å². The standard InChI is InChI=1S/C16H10Cl3FN2O/c17-10-2-1-3-11(4-10)22-7-9(8-23)16(21-22)12-5-15(20)14(19)6-13(12)18/h1-7,23H,8H2. The van der Waals surface area contributed by atoms with Crippen molar-refractivity contribution in [2.24, 2.45) is 0 Å². The molecule has 0 saturated heterocycles. The molecule has 0 radical (unpaired) electrons. The lowest BCUT2D eigenvalue weighted by molar-refractivity contribution is 0.282. The second-order valence-electron chi connectivity index (χ2n) is 4.83. The van der Waals surface area contributed by atoms with Crippen molar-refractivity contribution < 1.29 is 9.50 Å². The van der Waals surface area contributed by atoms with E-state index >= 15 is 0 Å². The van der Waals surface area contributed by atoms with Crippen molar-refractivity contribution in [3.63, 3.8) is 0 Å². The van der Waals surface area contributed by atoms with E-state index in [0.717, 1.165) is 0 Å². The van der Waals surface area contributed by atoms with E-state index in [0.29, 0.717) is 27.5 Å². The van der Waals surface area contributed by atoms with Gasteiger partial charge in [0.2, 0.25) is 0 Å². The number of aliphatic hydroxyl groups is 1. The van der Waals surface area contributed by atoms with Crippen molar-refractivity contribution in [3.05, 3.63) is 69.0 Å². The lowest BCUT2D eigenvalue weighted by Crippen LogP contribution is -1.95. The van der Waals surface area contributed by atoms with Gasteiger partial charge in [-0.25, -0.2) is 9.07 Å². The van der Waals surface area contributed by atoms with Crippen molar-refractivity contribution in [2.45, 2.75) is 6.61 Å². The summed E-state index contributed by atoms with van der Waals surface area (Å²) in [7, 11) is 0. The molecule has 3 rings (SSSR count). The molecule has 0 atom stereocenters. The van der Waals surface area contributed by atoms with Gasteiger partial charge < -0.3 is 5.11 Å². The highest BCUT2D eigenvalue weighted by atomic mass is 35.5. The molecule has 3 nitrogen and oxygen atoms in total. The molecule has 0 aliphatic heterocycles. The SMILES string of the molecule is OCc1cn(-c2cccc(Cl)c2)nc1-c1cc(F)c(Cl)cc1Cl. The largest absolute Gasteiger partial charge is 0.392 e. The highest BCUT2D eigenvalue weighted by molar-refractivity contribution is 6.36. The van der Waals surface area contributed by atoms with Crippen LogP contribution in [0.15, 0.2) is 42.6 Å². The van der Waals surface area contributed by atoms with E-state index in [1.54, 1.807) is 29.1 Å². The number of rotatable bonds is 3. The number of halogens is 4. The van der Waals surface area contributed by atoms with Crippen LogP contribution in [0, 0.1) is 5.82 Å². The van der Waals surface area contributed by atoms with Gasteiger partial charge in [0.15, 0.2) is 0 Å². The quantitative estimate of drug-likeness (QED) is 0.648. The third kappa shape index (κ3) is 3.21. The van der Waals surface area contributed by atoms with Crippen molar-refractivity contribution in [1.29, 1.82) is 0 Å². The summed E-state index contributed by atoms with van der Waals surface area (Å²) in [6.07, 6.45) is 1.64. The number of hydrogen-bond donors (Lipinski definition) is 1. The first-order chi connectivity index (χ1) is 11.0. The van der Waals surface area contributed by atoms with Crippen molar-refractivity contribution in [2.75, 3.05) is 0 Å². The maximum absolute atomic E-state index is 13.8. The Hall–Kier alpha value is -1.59. The topological polar surface area (TPSA) is 38.0 Å². The maximum atomic E-state index is 13.8. The van der Waals surface area contributed by atoms with Gasteiger partial charge in [0, 0.05) is 22.3 Å². The fourth-order valence-corrected chi connectivity index (χ4v) is 2.86. The number of nitrogens with zero attached hydrogens (tertiary/aromatic N) is 2. The molecule has 0 amide bonds. The first-order valence-electron chi connectivity index (χ1n) is 6.60. The average molecular weight is 372 g/mol. The van der Waals surface area contributed by atoms with Crippen molar-refractivity contribution >= 4 is 34.8 Å². The van der Waals surface area contributed by atoms with Gasteiger partial charge >= 0.3 is 0 Å².